The first-order valence-electron chi connectivity index (χ1n) is 7.26. The number of rotatable bonds is 5. The Kier molecular flexibility index (Phi) is 4.86. The molecule has 3 aromatic rings. The van der Waals surface area contributed by atoms with Crippen LogP contribution in [0.5, 0.6) is 0 Å². The van der Waals surface area contributed by atoms with Crippen LogP contribution in [-0.2, 0) is 17.8 Å². The van der Waals surface area contributed by atoms with E-state index in [0.717, 1.165) is 5.56 Å². The molecule has 0 aliphatic rings. The molecule has 0 spiro atoms. The van der Waals surface area contributed by atoms with Gasteiger partial charge in [0, 0.05) is 16.3 Å². The minimum absolute atomic E-state index is 0.119. The molecule has 0 atom stereocenters. The number of hydrogen-bond donors (Lipinski definition) is 1. The second-order valence-electron chi connectivity index (χ2n) is 5.22. The number of benzene rings is 2. The number of aromatic nitrogens is 3. The molecule has 2 aromatic carbocycles. The number of carbonyl (C=O) groups is 1. The van der Waals surface area contributed by atoms with Crippen LogP contribution in [0.15, 0.2) is 55.1 Å². The van der Waals surface area contributed by atoms with E-state index in [0.29, 0.717) is 12.2 Å². The van der Waals surface area contributed by atoms with Crippen molar-refractivity contribution in [2.24, 2.45) is 0 Å². The van der Waals surface area contributed by atoms with Crippen LogP contribution >= 0.6 is 11.6 Å². The molecule has 24 heavy (non-hydrogen) atoms. The number of nitrogens with zero attached hydrogens (tertiary/aromatic N) is 3. The molecule has 5 nitrogen and oxygen atoms in total. The molecule has 0 aliphatic carbocycles. The van der Waals surface area contributed by atoms with Gasteiger partial charge in [0.25, 0.3) is 0 Å². The third-order valence-electron chi connectivity index (χ3n) is 3.45. The highest BCUT2D eigenvalue weighted by Crippen LogP contribution is 2.20. The highest BCUT2D eigenvalue weighted by Gasteiger charge is 2.12. The molecule has 7 heteroatoms. The van der Waals surface area contributed by atoms with Gasteiger partial charge in [0.05, 0.1) is 13.0 Å². The number of nitrogens with one attached hydrogen (secondary N) is 1. The fourth-order valence-corrected chi connectivity index (χ4v) is 2.49. The Morgan fingerprint density at radius 1 is 1.21 bits per heavy atom. The lowest BCUT2D eigenvalue weighted by molar-refractivity contribution is -0.115. The second-order valence-corrected chi connectivity index (χ2v) is 5.62. The molecule has 1 aromatic heterocycles. The van der Waals surface area contributed by atoms with Crippen LogP contribution in [0.25, 0.3) is 0 Å². The lowest BCUT2D eigenvalue weighted by Gasteiger charge is -2.08. The van der Waals surface area contributed by atoms with Gasteiger partial charge in [0.15, 0.2) is 0 Å². The summed E-state index contributed by atoms with van der Waals surface area (Å²) in [6.45, 7) is 0.596. The first-order valence-corrected chi connectivity index (χ1v) is 7.64. The summed E-state index contributed by atoms with van der Waals surface area (Å²) in [5.74, 6) is -0.813. The van der Waals surface area contributed by atoms with Gasteiger partial charge in [0.2, 0.25) is 5.91 Å². The Balaban J connectivity index is 1.62. The van der Waals surface area contributed by atoms with Crippen molar-refractivity contribution in [1.82, 2.24) is 14.8 Å². The van der Waals surface area contributed by atoms with Crippen molar-refractivity contribution in [2.45, 2.75) is 13.0 Å². The molecule has 1 N–H and O–H groups in total. The Morgan fingerprint density at radius 3 is 2.67 bits per heavy atom. The fourth-order valence-electron chi connectivity index (χ4n) is 2.26. The molecule has 0 aliphatic heterocycles. The van der Waals surface area contributed by atoms with Crippen LogP contribution in [0.1, 0.15) is 11.1 Å². The molecule has 0 saturated heterocycles. The summed E-state index contributed by atoms with van der Waals surface area (Å²) in [4.78, 5) is 16.0. The van der Waals surface area contributed by atoms with Gasteiger partial charge in [-0.05, 0) is 29.8 Å². The maximum absolute atomic E-state index is 13.7. The fraction of sp³-hybridized carbons (Fsp3) is 0.118. The Bertz CT molecular complexity index is 814. The van der Waals surface area contributed by atoms with Crippen LogP contribution in [-0.4, -0.2) is 20.7 Å². The third-order valence-corrected chi connectivity index (χ3v) is 3.80. The standard InChI is InChI=1S/C17H14ClFN4O/c18-15-2-1-3-16(19)14(15)8-17(24)22-13-6-4-12(5-7-13)9-23-11-20-10-21-23/h1-7,10-11H,8-9H2,(H,22,24). The highest BCUT2D eigenvalue weighted by molar-refractivity contribution is 6.31. The van der Waals surface area contributed by atoms with Crippen LogP contribution < -0.4 is 5.32 Å². The van der Waals surface area contributed by atoms with E-state index in [1.165, 1.54) is 18.5 Å². The summed E-state index contributed by atoms with van der Waals surface area (Å²) in [6, 6.07) is 11.7. The summed E-state index contributed by atoms with van der Waals surface area (Å²) in [5.41, 5.74) is 1.85. The average Bonchev–Trinajstić information content (AvgIpc) is 3.06. The smallest absolute Gasteiger partial charge is 0.228 e. The Hall–Kier alpha value is -2.73. The van der Waals surface area contributed by atoms with E-state index < -0.39 is 5.82 Å². The first-order chi connectivity index (χ1) is 11.6. The maximum atomic E-state index is 13.7. The predicted molar refractivity (Wildman–Crippen MR) is 89.3 cm³/mol. The predicted octanol–water partition coefficient (Wildman–Crippen LogP) is 3.30. The molecule has 0 radical (unpaired) electrons. The molecular weight excluding hydrogens is 331 g/mol. The van der Waals surface area contributed by atoms with Gasteiger partial charge < -0.3 is 5.32 Å². The van der Waals surface area contributed by atoms with E-state index in [2.05, 4.69) is 15.4 Å². The van der Waals surface area contributed by atoms with Crippen molar-refractivity contribution in [3.05, 3.63) is 77.1 Å². The van der Waals surface area contributed by atoms with Crippen LogP contribution in [0.2, 0.25) is 5.02 Å². The second kappa shape index (κ2) is 7.23. The topological polar surface area (TPSA) is 59.8 Å². The molecule has 0 fully saturated rings. The number of amides is 1. The van der Waals surface area contributed by atoms with E-state index in [1.807, 2.05) is 12.1 Å². The van der Waals surface area contributed by atoms with Gasteiger partial charge in [-0.25, -0.2) is 14.1 Å². The first kappa shape index (κ1) is 16.1. The van der Waals surface area contributed by atoms with Crippen molar-refractivity contribution < 1.29 is 9.18 Å². The zero-order chi connectivity index (χ0) is 16.9. The lowest BCUT2D eigenvalue weighted by Crippen LogP contribution is -2.15. The van der Waals surface area contributed by atoms with E-state index in [1.54, 1.807) is 29.2 Å². The average molecular weight is 345 g/mol. The molecule has 0 unspecified atom stereocenters. The number of anilines is 1. The van der Waals surface area contributed by atoms with Crippen LogP contribution in [0, 0.1) is 5.82 Å². The number of halogens is 2. The Morgan fingerprint density at radius 2 is 2.00 bits per heavy atom. The summed E-state index contributed by atoms with van der Waals surface area (Å²) in [5, 5.41) is 7.01. The van der Waals surface area contributed by atoms with Gasteiger partial charge in [-0.3, -0.25) is 4.79 Å². The van der Waals surface area contributed by atoms with Gasteiger partial charge in [-0.1, -0.05) is 29.8 Å². The van der Waals surface area contributed by atoms with Crippen LogP contribution in [0.4, 0.5) is 10.1 Å². The summed E-state index contributed by atoms with van der Waals surface area (Å²) >= 11 is 5.93. The molecule has 0 bridgehead atoms. The van der Waals surface area contributed by atoms with Gasteiger partial charge in [-0.2, -0.15) is 5.10 Å². The minimum atomic E-state index is -0.485. The summed E-state index contributed by atoms with van der Waals surface area (Å²) in [7, 11) is 0. The molecule has 1 heterocycles. The molecular formula is C17H14ClFN4O. The van der Waals surface area contributed by atoms with E-state index >= 15 is 0 Å². The number of hydrogen-bond acceptors (Lipinski definition) is 3. The quantitative estimate of drug-likeness (QED) is 0.772. The third kappa shape index (κ3) is 3.97. The van der Waals surface area contributed by atoms with Gasteiger partial charge in [-0.15, -0.1) is 0 Å². The van der Waals surface area contributed by atoms with Crippen LogP contribution in [0.3, 0.4) is 0 Å². The number of carbonyl (C=O) groups excluding carboxylic acids is 1. The van der Waals surface area contributed by atoms with Gasteiger partial charge in [0.1, 0.15) is 18.5 Å². The Labute approximate surface area is 143 Å². The molecule has 1 amide bonds. The van der Waals surface area contributed by atoms with Crippen molar-refractivity contribution in [3.63, 3.8) is 0 Å². The summed E-state index contributed by atoms with van der Waals surface area (Å²) in [6.07, 6.45) is 2.99. The van der Waals surface area contributed by atoms with Gasteiger partial charge >= 0.3 is 0 Å². The molecule has 3 rings (SSSR count). The molecule has 0 saturated carbocycles. The monoisotopic (exact) mass is 344 g/mol. The van der Waals surface area contributed by atoms with E-state index in [9.17, 15) is 9.18 Å². The SMILES string of the molecule is O=C(Cc1c(F)cccc1Cl)Nc1ccc(Cn2cncn2)cc1. The van der Waals surface area contributed by atoms with E-state index in [4.69, 9.17) is 11.6 Å². The van der Waals surface area contributed by atoms with Crippen molar-refractivity contribution in [2.75, 3.05) is 5.32 Å². The normalized spacial score (nSPS) is 10.6. The highest BCUT2D eigenvalue weighted by atomic mass is 35.5. The van der Waals surface area contributed by atoms with Crippen molar-refractivity contribution >= 4 is 23.2 Å². The largest absolute Gasteiger partial charge is 0.326 e. The molecule has 122 valence electrons. The summed E-state index contributed by atoms with van der Waals surface area (Å²) < 4.78 is 15.4. The van der Waals surface area contributed by atoms with Crippen molar-refractivity contribution in [3.8, 4) is 0 Å². The zero-order valence-corrected chi connectivity index (χ0v) is 13.4. The minimum Gasteiger partial charge on any atom is -0.326 e. The van der Waals surface area contributed by atoms with E-state index in [-0.39, 0.29) is 22.9 Å². The lowest BCUT2D eigenvalue weighted by atomic mass is 10.1. The zero-order valence-electron chi connectivity index (χ0n) is 12.6. The maximum Gasteiger partial charge on any atom is 0.228 e. The van der Waals surface area contributed by atoms with Crippen molar-refractivity contribution in [1.29, 1.82) is 0 Å².